The van der Waals surface area contributed by atoms with Crippen molar-refractivity contribution in [1.82, 2.24) is 9.88 Å². The zero-order chi connectivity index (χ0) is 14.5. The van der Waals surface area contributed by atoms with E-state index in [0.717, 1.165) is 25.9 Å². The summed E-state index contributed by atoms with van der Waals surface area (Å²) in [6.45, 7) is 6.39. The number of hydrogen-bond acceptors (Lipinski definition) is 3. The Morgan fingerprint density at radius 1 is 1.45 bits per heavy atom. The monoisotopic (exact) mass is 276 g/mol. The van der Waals surface area contributed by atoms with Crippen LogP contribution in [0.1, 0.15) is 44.7 Å². The summed E-state index contributed by atoms with van der Waals surface area (Å²) in [4.78, 5) is 17.4. The van der Waals surface area contributed by atoms with Gasteiger partial charge in [0.25, 0.3) is 0 Å². The fourth-order valence-electron chi connectivity index (χ4n) is 3.15. The van der Waals surface area contributed by atoms with Crippen LogP contribution in [0.5, 0.6) is 0 Å². The molecule has 2 rings (SSSR count). The summed E-state index contributed by atoms with van der Waals surface area (Å²) in [6, 6.07) is 4.50. The van der Waals surface area contributed by atoms with Gasteiger partial charge in [0.2, 0.25) is 0 Å². The number of carboxylic acids is 1. The lowest BCUT2D eigenvalue weighted by Crippen LogP contribution is -2.39. The van der Waals surface area contributed by atoms with Gasteiger partial charge in [-0.2, -0.15) is 0 Å². The quantitative estimate of drug-likeness (QED) is 0.898. The van der Waals surface area contributed by atoms with Crippen molar-refractivity contribution in [3.8, 4) is 0 Å². The van der Waals surface area contributed by atoms with Gasteiger partial charge in [-0.05, 0) is 55.8 Å². The first-order chi connectivity index (χ1) is 9.58. The molecule has 20 heavy (non-hydrogen) atoms. The molecule has 4 nitrogen and oxygen atoms in total. The fraction of sp³-hybridized carbons (Fsp3) is 0.625. The minimum atomic E-state index is -0.684. The van der Waals surface area contributed by atoms with Crippen molar-refractivity contribution in [2.75, 3.05) is 13.1 Å². The number of pyridine rings is 1. The molecule has 0 aliphatic carbocycles. The maximum Gasteiger partial charge on any atom is 0.303 e. The third kappa shape index (κ3) is 3.79. The Morgan fingerprint density at radius 2 is 2.15 bits per heavy atom. The second-order valence-electron chi connectivity index (χ2n) is 5.93. The summed E-state index contributed by atoms with van der Waals surface area (Å²) in [5, 5.41) is 8.95. The standard InChI is InChI=1S/C16H24N2O2/c1-12(10-16(19)20)15-4-3-9-18(11-15)13(2)14-5-7-17-8-6-14/h5-8,12-13,15H,3-4,9-11H2,1-2H3,(H,19,20). The Morgan fingerprint density at radius 3 is 2.80 bits per heavy atom. The predicted molar refractivity (Wildman–Crippen MR) is 78.4 cm³/mol. The zero-order valence-electron chi connectivity index (χ0n) is 12.3. The van der Waals surface area contributed by atoms with Gasteiger partial charge in [-0.3, -0.25) is 14.7 Å². The Bertz CT molecular complexity index is 435. The Hall–Kier alpha value is -1.42. The molecule has 1 saturated heterocycles. The Labute approximate surface area is 120 Å². The molecule has 1 N–H and O–H groups in total. The van der Waals surface area contributed by atoms with Crippen LogP contribution in [0.3, 0.4) is 0 Å². The molecule has 4 heteroatoms. The molecule has 1 aliphatic heterocycles. The van der Waals surface area contributed by atoms with Crippen molar-refractivity contribution < 1.29 is 9.90 Å². The topological polar surface area (TPSA) is 53.4 Å². The minimum absolute atomic E-state index is 0.250. The predicted octanol–water partition coefficient (Wildman–Crippen LogP) is 2.97. The molecule has 2 heterocycles. The molecule has 0 amide bonds. The molecule has 0 bridgehead atoms. The van der Waals surface area contributed by atoms with Gasteiger partial charge in [0.15, 0.2) is 0 Å². The highest BCUT2D eigenvalue weighted by molar-refractivity contribution is 5.67. The third-order valence-corrected chi connectivity index (χ3v) is 4.53. The van der Waals surface area contributed by atoms with Gasteiger partial charge in [0.05, 0.1) is 0 Å². The molecular formula is C16H24N2O2. The maximum absolute atomic E-state index is 10.9. The molecule has 3 atom stereocenters. The van der Waals surface area contributed by atoms with Gasteiger partial charge in [0.1, 0.15) is 0 Å². The summed E-state index contributed by atoms with van der Waals surface area (Å²) in [5.41, 5.74) is 1.28. The molecule has 1 fully saturated rings. The number of nitrogens with zero attached hydrogens (tertiary/aromatic N) is 2. The molecule has 1 aromatic rings. The van der Waals surface area contributed by atoms with Crippen molar-refractivity contribution in [1.29, 1.82) is 0 Å². The number of likely N-dealkylation sites (tertiary alicyclic amines) is 1. The van der Waals surface area contributed by atoms with Crippen LogP contribution in [0.4, 0.5) is 0 Å². The van der Waals surface area contributed by atoms with Crippen LogP contribution in [-0.4, -0.2) is 34.0 Å². The highest BCUT2D eigenvalue weighted by atomic mass is 16.4. The molecule has 0 spiro atoms. The number of hydrogen-bond donors (Lipinski definition) is 1. The van der Waals surface area contributed by atoms with Crippen molar-refractivity contribution >= 4 is 5.97 Å². The molecule has 3 unspecified atom stereocenters. The van der Waals surface area contributed by atoms with Gasteiger partial charge >= 0.3 is 5.97 Å². The first-order valence-electron chi connectivity index (χ1n) is 7.43. The lowest BCUT2D eigenvalue weighted by Gasteiger charge is -2.39. The second-order valence-corrected chi connectivity index (χ2v) is 5.93. The highest BCUT2D eigenvalue weighted by Gasteiger charge is 2.28. The number of rotatable bonds is 5. The highest BCUT2D eigenvalue weighted by Crippen LogP contribution is 2.31. The minimum Gasteiger partial charge on any atom is -0.481 e. The smallest absolute Gasteiger partial charge is 0.303 e. The zero-order valence-corrected chi connectivity index (χ0v) is 12.3. The first kappa shape index (κ1) is 15.0. The van der Waals surface area contributed by atoms with Crippen LogP contribution < -0.4 is 0 Å². The van der Waals surface area contributed by atoms with Crippen molar-refractivity contribution in [2.45, 2.75) is 39.2 Å². The Kier molecular flexibility index (Phi) is 5.12. The van der Waals surface area contributed by atoms with Gasteiger partial charge in [0, 0.05) is 31.4 Å². The largest absolute Gasteiger partial charge is 0.481 e. The van der Waals surface area contributed by atoms with E-state index in [-0.39, 0.29) is 12.3 Å². The number of carbonyl (C=O) groups is 1. The number of aliphatic carboxylic acids is 1. The molecule has 0 aromatic carbocycles. The molecular weight excluding hydrogens is 252 g/mol. The van der Waals surface area contributed by atoms with Crippen LogP contribution in [-0.2, 0) is 4.79 Å². The lowest BCUT2D eigenvalue weighted by molar-refractivity contribution is -0.138. The van der Waals surface area contributed by atoms with E-state index in [4.69, 9.17) is 5.11 Å². The van der Waals surface area contributed by atoms with Crippen LogP contribution in [0.15, 0.2) is 24.5 Å². The molecule has 110 valence electrons. The van der Waals surface area contributed by atoms with Crippen LogP contribution in [0.25, 0.3) is 0 Å². The molecule has 1 aromatic heterocycles. The van der Waals surface area contributed by atoms with E-state index in [1.54, 1.807) is 0 Å². The second kappa shape index (κ2) is 6.84. The average molecular weight is 276 g/mol. The summed E-state index contributed by atoms with van der Waals surface area (Å²) in [6.07, 6.45) is 6.25. The van der Waals surface area contributed by atoms with Crippen molar-refractivity contribution in [3.05, 3.63) is 30.1 Å². The molecule has 0 radical (unpaired) electrons. The third-order valence-electron chi connectivity index (χ3n) is 4.53. The normalized spacial score (nSPS) is 23.2. The first-order valence-corrected chi connectivity index (χ1v) is 7.43. The summed E-state index contributed by atoms with van der Waals surface area (Å²) in [5.74, 6) is 0.0564. The summed E-state index contributed by atoms with van der Waals surface area (Å²) >= 11 is 0. The van der Waals surface area contributed by atoms with E-state index in [1.165, 1.54) is 5.56 Å². The number of piperidine rings is 1. The molecule has 1 aliphatic rings. The van der Waals surface area contributed by atoms with Crippen LogP contribution >= 0.6 is 0 Å². The van der Waals surface area contributed by atoms with E-state index in [2.05, 4.69) is 35.9 Å². The SMILES string of the molecule is CC(CC(=O)O)C1CCCN(C(C)c2ccncc2)C1. The number of aromatic nitrogens is 1. The summed E-state index contributed by atoms with van der Waals surface area (Å²) < 4.78 is 0. The van der Waals surface area contributed by atoms with E-state index < -0.39 is 5.97 Å². The van der Waals surface area contributed by atoms with Crippen LogP contribution in [0, 0.1) is 11.8 Å². The van der Waals surface area contributed by atoms with Gasteiger partial charge in [-0.25, -0.2) is 0 Å². The fourth-order valence-corrected chi connectivity index (χ4v) is 3.15. The van der Waals surface area contributed by atoms with E-state index in [0.29, 0.717) is 12.0 Å². The number of carboxylic acid groups (broad SMARTS) is 1. The lowest BCUT2D eigenvalue weighted by atomic mass is 9.84. The van der Waals surface area contributed by atoms with Gasteiger partial charge in [-0.1, -0.05) is 6.92 Å². The average Bonchev–Trinajstić information content (AvgIpc) is 2.47. The van der Waals surface area contributed by atoms with Crippen molar-refractivity contribution in [2.24, 2.45) is 11.8 Å². The van der Waals surface area contributed by atoms with E-state index in [9.17, 15) is 4.79 Å². The van der Waals surface area contributed by atoms with Crippen molar-refractivity contribution in [3.63, 3.8) is 0 Å². The maximum atomic E-state index is 10.9. The van der Waals surface area contributed by atoms with Crippen LogP contribution in [0.2, 0.25) is 0 Å². The molecule has 0 saturated carbocycles. The van der Waals surface area contributed by atoms with E-state index in [1.807, 2.05) is 12.4 Å². The van der Waals surface area contributed by atoms with Gasteiger partial charge in [-0.15, -0.1) is 0 Å². The van der Waals surface area contributed by atoms with Gasteiger partial charge < -0.3 is 5.11 Å². The summed E-state index contributed by atoms with van der Waals surface area (Å²) in [7, 11) is 0. The Balaban J connectivity index is 1.98. The van der Waals surface area contributed by atoms with E-state index >= 15 is 0 Å².